The van der Waals surface area contributed by atoms with Crippen LogP contribution in [0.15, 0.2) is 47.5 Å². The van der Waals surface area contributed by atoms with Crippen LogP contribution >= 0.6 is 11.6 Å². The fraction of sp³-hybridized carbons (Fsp3) is 0.393. The van der Waals surface area contributed by atoms with Crippen LogP contribution in [0.4, 0.5) is 5.69 Å². The minimum atomic E-state index is 0.0394. The van der Waals surface area contributed by atoms with E-state index in [-0.39, 0.29) is 24.1 Å². The smallest absolute Gasteiger partial charge is 0.216 e. The Morgan fingerprint density at radius 3 is 2.34 bits per heavy atom. The number of nitrogens with one attached hydrogen (secondary N) is 3. The maximum Gasteiger partial charge on any atom is 0.216 e. The summed E-state index contributed by atoms with van der Waals surface area (Å²) in [6.07, 6.45) is 1.98. The highest BCUT2D eigenvalue weighted by molar-refractivity contribution is 6.31. The lowest BCUT2D eigenvalue weighted by molar-refractivity contribution is -0.118. The Morgan fingerprint density at radius 1 is 1.18 bits per heavy atom. The van der Waals surface area contributed by atoms with Gasteiger partial charge in [0.05, 0.1) is 24.6 Å². The topological polar surface area (TPSA) is 128 Å². The predicted molar refractivity (Wildman–Crippen MR) is 155 cm³/mol. The number of benzodiazepines with no additional fused rings is 1. The van der Waals surface area contributed by atoms with Crippen molar-refractivity contribution in [2.75, 3.05) is 38.3 Å². The Balaban J connectivity index is 0.000000616. The summed E-state index contributed by atoms with van der Waals surface area (Å²) >= 11 is 6.02. The number of nitrogens with zero attached hydrogens (tertiary/aromatic N) is 2. The number of amides is 1. The van der Waals surface area contributed by atoms with E-state index in [2.05, 4.69) is 15.0 Å². The molecule has 2 aromatic rings. The summed E-state index contributed by atoms with van der Waals surface area (Å²) in [5.74, 6) is 1.18. The van der Waals surface area contributed by atoms with Crippen LogP contribution in [-0.4, -0.2) is 63.0 Å². The molecule has 0 aliphatic carbocycles. The Morgan fingerprint density at radius 2 is 1.84 bits per heavy atom. The molecule has 1 aliphatic heterocycles. The molecule has 0 saturated carbocycles. The molecule has 0 atom stereocenters. The third-order valence-corrected chi connectivity index (χ3v) is 5.28. The molecule has 1 aliphatic rings. The Hall–Kier alpha value is -3.56. The maximum atomic E-state index is 10.5. The van der Waals surface area contributed by atoms with Crippen LogP contribution in [0.5, 0.6) is 5.75 Å². The molecule has 0 fully saturated rings. The van der Waals surface area contributed by atoms with Gasteiger partial charge in [-0.1, -0.05) is 23.7 Å². The van der Waals surface area contributed by atoms with Crippen molar-refractivity contribution in [2.24, 2.45) is 4.99 Å². The molecule has 0 unspecified atom stereocenters. The van der Waals surface area contributed by atoms with Crippen molar-refractivity contribution in [1.82, 2.24) is 5.32 Å². The largest absolute Gasteiger partial charge is 0.494 e. The van der Waals surface area contributed by atoms with Gasteiger partial charge in [0, 0.05) is 49.8 Å². The second-order valence-electron chi connectivity index (χ2n) is 8.04. The number of methoxy groups -OCH3 is 1. The minimum absolute atomic E-state index is 0.0394. The number of amidine groups is 2. The number of benzene rings is 2. The first-order valence-corrected chi connectivity index (χ1v) is 12.7. The van der Waals surface area contributed by atoms with Crippen LogP contribution in [0.2, 0.25) is 5.02 Å². The molecule has 38 heavy (non-hydrogen) atoms. The highest BCUT2D eigenvalue weighted by Gasteiger charge is 2.25. The molecule has 3 rings (SSSR count). The number of anilines is 1. The summed E-state index contributed by atoms with van der Waals surface area (Å²) in [5.41, 5.74) is 3.09. The predicted octanol–water partition coefficient (Wildman–Crippen LogP) is 5.12. The monoisotopic (exact) mass is 543 g/mol. The van der Waals surface area contributed by atoms with Crippen LogP contribution in [0.3, 0.4) is 0 Å². The van der Waals surface area contributed by atoms with Gasteiger partial charge < -0.3 is 19.6 Å². The second kappa shape index (κ2) is 17.8. The number of aldehydes is 1. The van der Waals surface area contributed by atoms with Gasteiger partial charge in [0.1, 0.15) is 23.7 Å². The number of hydrogen-bond donors (Lipinski definition) is 3. The summed E-state index contributed by atoms with van der Waals surface area (Å²) in [6, 6.07) is 12.9. The third-order valence-electron chi connectivity index (χ3n) is 5.02. The van der Waals surface area contributed by atoms with Gasteiger partial charge in [-0.25, -0.2) is 0 Å². The highest BCUT2D eigenvalue weighted by Crippen LogP contribution is 2.31. The molecule has 9 nitrogen and oxygen atoms in total. The van der Waals surface area contributed by atoms with Crippen molar-refractivity contribution in [3.05, 3.63) is 58.6 Å². The lowest BCUT2D eigenvalue weighted by Crippen LogP contribution is -2.35. The SMILES string of the molecule is CC(=N)N1C(=N)CN=C(c2ccc(Cl)cc2)c2cc(OCCCC=O)ccc21.CCNC(C)=O.CCOC. The van der Waals surface area contributed by atoms with Crippen molar-refractivity contribution in [3.63, 3.8) is 0 Å². The first kappa shape index (κ1) is 32.5. The molecule has 2 aromatic carbocycles. The zero-order valence-corrected chi connectivity index (χ0v) is 23.5. The lowest BCUT2D eigenvalue weighted by atomic mass is 9.99. The van der Waals surface area contributed by atoms with Crippen molar-refractivity contribution >= 4 is 46.9 Å². The third kappa shape index (κ3) is 10.8. The lowest BCUT2D eigenvalue weighted by Gasteiger charge is -2.24. The number of aliphatic imine (C=N–C) groups is 1. The van der Waals surface area contributed by atoms with Crippen LogP contribution in [0.25, 0.3) is 0 Å². The number of fused-ring (bicyclic) bond motifs is 1. The first-order chi connectivity index (χ1) is 18.2. The van der Waals surface area contributed by atoms with Gasteiger partial charge >= 0.3 is 0 Å². The Labute approximate surface area is 230 Å². The van der Waals surface area contributed by atoms with Crippen LogP contribution in [0, 0.1) is 10.8 Å². The van der Waals surface area contributed by atoms with E-state index in [1.807, 2.05) is 44.2 Å². The molecule has 1 heterocycles. The average Bonchev–Trinajstić information content (AvgIpc) is 3.03. The van der Waals surface area contributed by atoms with E-state index in [1.54, 1.807) is 31.1 Å². The Kier molecular flexibility index (Phi) is 15.2. The molecule has 0 saturated heterocycles. The van der Waals surface area contributed by atoms with E-state index < -0.39 is 0 Å². The molecule has 0 bridgehead atoms. The van der Waals surface area contributed by atoms with E-state index in [0.717, 1.165) is 36.3 Å². The van der Waals surface area contributed by atoms with Gasteiger partial charge in [0.2, 0.25) is 5.91 Å². The summed E-state index contributed by atoms with van der Waals surface area (Å²) in [5, 5.41) is 19.6. The van der Waals surface area contributed by atoms with Crippen molar-refractivity contribution in [2.45, 2.75) is 40.5 Å². The van der Waals surface area contributed by atoms with Crippen LogP contribution in [0.1, 0.15) is 51.7 Å². The van der Waals surface area contributed by atoms with Gasteiger partial charge in [-0.2, -0.15) is 0 Å². The molecule has 1 amide bonds. The number of ether oxygens (including phenoxy) is 2. The maximum absolute atomic E-state index is 10.5. The molecule has 206 valence electrons. The number of carbonyl (C=O) groups excluding carboxylic acids is 2. The summed E-state index contributed by atoms with van der Waals surface area (Å²) in [4.78, 5) is 26.6. The first-order valence-electron chi connectivity index (χ1n) is 12.4. The van der Waals surface area contributed by atoms with E-state index >= 15 is 0 Å². The van der Waals surface area contributed by atoms with Gasteiger partial charge in [-0.3, -0.25) is 25.5 Å². The zero-order valence-electron chi connectivity index (χ0n) is 22.8. The number of rotatable bonds is 8. The van der Waals surface area contributed by atoms with E-state index in [0.29, 0.717) is 35.9 Å². The molecule has 3 N–H and O–H groups in total. The Bertz CT molecular complexity index is 1100. The van der Waals surface area contributed by atoms with Gasteiger partial charge in [0.25, 0.3) is 0 Å². The standard InChI is InChI=1S/C21H21ClN4O2.C4H9NO.C3H8O/c1-14(23)26-19-9-8-17(28-11-3-2-10-27)12-18(19)21(25-13-20(26)24)15-4-6-16(22)7-5-15;1-3-5-4(2)6;1-3-4-2/h4-10,12,23-24H,2-3,11,13H2,1H3;3H2,1-2H3,(H,5,6);3H2,1-2H3. The molecular weight excluding hydrogens is 506 g/mol. The average molecular weight is 544 g/mol. The van der Waals surface area contributed by atoms with E-state index in [4.69, 9.17) is 27.2 Å². The van der Waals surface area contributed by atoms with Crippen LogP contribution < -0.4 is 15.0 Å². The second-order valence-corrected chi connectivity index (χ2v) is 8.48. The number of halogens is 1. The number of carbonyl (C=O) groups is 2. The van der Waals surface area contributed by atoms with Crippen molar-refractivity contribution in [3.8, 4) is 5.75 Å². The highest BCUT2D eigenvalue weighted by atomic mass is 35.5. The van der Waals surface area contributed by atoms with Crippen molar-refractivity contribution < 1.29 is 19.1 Å². The van der Waals surface area contributed by atoms with Crippen molar-refractivity contribution in [1.29, 1.82) is 10.8 Å². The molecular formula is C28H38ClN5O4. The fourth-order valence-corrected chi connectivity index (χ4v) is 3.41. The fourth-order valence-electron chi connectivity index (χ4n) is 3.29. The molecule has 0 radical (unpaired) electrons. The minimum Gasteiger partial charge on any atom is -0.494 e. The van der Waals surface area contributed by atoms with Gasteiger partial charge in [-0.05, 0) is 57.5 Å². The summed E-state index contributed by atoms with van der Waals surface area (Å²) in [7, 11) is 1.68. The van der Waals surface area contributed by atoms with Gasteiger partial charge in [0.15, 0.2) is 0 Å². The molecule has 0 aromatic heterocycles. The van der Waals surface area contributed by atoms with Crippen LogP contribution in [-0.2, 0) is 14.3 Å². The summed E-state index contributed by atoms with van der Waals surface area (Å²) < 4.78 is 10.3. The summed E-state index contributed by atoms with van der Waals surface area (Å²) in [6.45, 7) is 9.15. The normalized spacial score (nSPS) is 11.9. The molecule has 10 heteroatoms. The van der Waals surface area contributed by atoms with E-state index in [1.165, 1.54) is 6.92 Å². The quantitative estimate of drug-likeness (QED) is 0.184. The van der Waals surface area contributed by atoms with E-state index in [9.17, 15) is 9.59 Å². The molecule has 0 spiro atoms. The number of hydrogen-bond acceptors (Lipinski definition) is 7. The zero-order chi connectivity index (χ0) is 28.5. The number of unbranched alkanes of at least 4 members (excludes halogenated alkanes) is 1. The van der Waals surface area contributed by atoms with Gasteiger partial charge in [-0.15, -0.1) is 0 Å².